The average Bonchev–Trinajstić information content (AvgIpc) is 3.80. The summed E-state index contributed by atoms with van der Waals surface area (Å²) in [6.07, 6.45) is -3.20. The highest BCUT2D eigenvalue weighted by molar-refractivity contribution is 6.34. The number of halogens is 4. The summed E-state index contributed by atoms with van der Waals surface area (Å²) < 4.78 is 43.4. The highest BCUT2D eigenvalue weighted by Gasteiger charge is 2.45. The molecule has 0 bridgehead atoms. The zero-order valence-electron chi connectivity index (χ0n) is 24.0. The minimum absolute atomic E-state index is 0.0265. The molecule has 2 aromatic carbocycles. The fourth-order valence-electron chi connectivity index (χ4n) is 4.17. The first-order valence-electron chi connectivity index (χ1n) is 13.7. The zero-order valence-corrected chi connectivity index (χ0v) is 24.8. The smallest absolute Gasteiger partial charge is 0.422 e. The van der Waals surface area contributed by atoms with Gasteiger partial charge in [-0.3, -0.25) is 14.4 Å². The number of alkyl halides is 3. The highest BCUT2D eigenvalue weighted by Crippen LogP contribution is 2.48. The van der Waals surface area contributed by atoms with Crippen molar-refractivity contribution >= 4 is 46.9 Å². The van der Waals surface area contributed by atoms with E-state index in [4.69, 9.17) is 22.1 Å². The number of benzene rings is 2. The third-order valence-electron chi connectivity index (χ3n) is 7.02. The molecule has 0 spiro atoms. The van der Waals surface area contributed by atoms with E-state index < -0.39 is 60.7 Å². The van der Waals surface area contributed by atoms with Gasteiger partial charge in [0.1, 0.15) is 0 Å². The van der Waals surface area contributed by atoms with Gasteiger partial charge in [0.05, 0.1) is 24.2 Å². The molecule has 0 atom stereocenters. The predicted octanol–water partition coefficient (Wildman–Crippen LogP) is 1.61. The number of rotatable bonds is 14. The third-order valence-corrected chi connectivity index (χ3v) is 7.28. The second kappa shape index (κ2) is 14.1. The second-order valence-corrected chi connectivity index (χ2v) is 11.1. The van der Waals surface area contributed by atoms with E-state index in [0.717, 1.165) is 5.56 Å². The maximum absolute atomic E-state index is 12.9. The molecule has 1 aliphatic rings. The molecular weight excluding hydrogens is 637 g/mol. The lowest BCUT2D eigenvalue weighted by Crippen LogP contribution is -2.51. The van der Waals surface area contributed by atoms with Gasteiger partial charge >= 0.3 is 24.0 Å². The van der Waals surface area contributed by atoms with Crippen molar-refractivity contribution in [3.8, 4) is 6.01 Å². The Kier molecular flexibility index (Phi) is 10.5. The van der Waals surface area contributed by atoms with Crippen LogP contribution in [0.5, 0.6) is 6.01 Å². The van der Waals surface area contributed by atoms with Gasteiger partial charge in [-0.05, 0) is 54.8 Å². The van der Waals surface area contributed by atoms with Crippen LogP contribution in [-0.4, -0.2) is 82.0 Å². The number of primary amides is 1. The van der Waals surface area contributed by atoms with Crippen molar-refractivity contribution in [1.29, 1.82) is 0 Å². The number of ether oxygens (including phenoxy) is 1. The van der Waals surface area contributed by atoms with Crippen LogP contribution in [0, 0.1) is 5.41 Å². The van der Waals surface area contributed by atoms with Crippen LogP contribution in [0.25, 0.3) is 0 Å². The molecule has 0 radical (unpaired) electrons. The van der Waals surface area contributed by atoms with Gasteiger partial charge in [0.25, 0.3) is 5.91 Å². The average molecular weight is 667 g/mol. The predicted molar refractivity (Wildman–Crippen MR) is 158 cm³/mol. The number of carbonyl (C=O) groups is 3. The lowest BCUT2D eigenvalue weighted by Gasteiger charge is -2.30. The van der Waals surface area contributed by atoms with Gasteiger partial charge in [0.2, 0.25) is 11.9 Å². The SMILES string of the molecule is NC(=O)C(=O)NCC(CO)(CO)CNC(=O)c1ccc(Nc2nc(NC3(c4ccc(Cl)cc4)CC3)nc(OCC(F)(F)F)n2)cc1. The fourth-order valence-corrected chi connectivity index (χ4v) is 4.29. The molecule has 1 aliphatic carbocycles. The van der Waals surface area contributed by atoms with Crippen molar-refractivity contribution in [3.63, 3.8) is 0 Å². The molecule has 1 heterocycles. The third kappa shape index (κ3) is 9.15. The first-order chi connectivity index (χ1) is 21.7. The first kappa shape index (κ1) is 34.1. The number of hydrogen-bond donors (Lipinski definition) is 7. The monoisotopic (exact) mass is 666 g/mol. The number of amides is 3. The van der Waals surface area contributed by atoms with Gasteiger partial charge in [0, 0.05) is 29.4 Å². The number of hydrogen-bond acceptors (Lipinski definition) is 11. The minimum atomic E-state index is -4.63. The topological polar surface area (TPSA) is 214 Å². The van der Waals surface area contributed by atoms with Crippen LogP contribution in [0.1, 0.15) is 28.8 Å². The van der Waals surface area contributed by atoms with Crippen LogP contribution in [0.15, 0.2) is 48.5 Å². The lowest BCUT2D eigenvalue weighted by atomic mass is 9.89. The standard InChI is InChI=1S/C28H30ClF3N8O6/c29-18-5-3-17(4-6-18)27(9-10-27)40-24-37-23(38-25(39-24)46-15-28(30,31)32)36-19-7-1-16(2-8-19)21(44)34-11-26(13-41,14-42)12-35-22(45)20(33)43/h1-8,41-42H,9-15H2,(H2,33,43)(H,34,44)(H,35,45)(H2,36,37,38,39,40). The number of aliphatic hydroxyl groups is 2. The van der Waals surface area contributed by atoms with Crippen LogP contribution in [0.3, 0.4) is 0 Å². The van der Waals surface area contributed by atoms with E-state index in [1.807, 2.05) is 12.1 Å². The Bertz CT molecular complexity index is 1550. The van der Waals surface area contributed by atoms with E-state index >= 15 is 0 Å². The molecule has 14 nitrogen and oxygen atoms in total. The van der Waals surface area contributed by atoms with E-state index in [2.05, 4.69) is 36.2 Å². The van der Waals surface area contributed by atoms with E-state index in [9.17, 15) is 37.8 Å². The maximum atomic E-state index is 12.9. The summed E-state index contributed by atoms with van der Waals surface area (Å²) in [5.41, 5.74) is 4.39. The Morgan fingerprint density at radius 1 is 0.913 bits per heavy atom. The summed E-state index contributed by atoms with van der Waals surface area (Å²) in [4.78, 5) is 47.4. The van der Waals surface area contributed by atoms with E-state index in [1.54, 1.807) is 12.1 Å². The summed E-state index contributed by atoms with van der Waals surface area (Å²) in [6.45, 7) is -3.50. The van der Waals surface area contributed by atoms with Crippen molar-refractivity contribution in [2.75, 3.05) is 43.5 Å². The number of nitrogens with one attached hydrogen (secondary N) is 4. The Hall–Kier alpha value is -4.74. The molecule has 0 saturated heterocycles. The molecule has 4 rings (SSSR count). The Labute approximate surface area is 264 Å². The van der Waals surface area contributed by atoms with Crippen molar-refractivity contribution in [3.05, 3.63) is 64.7 Å². The molecule has 0 aliphatic heterocycles. The number of carbonyl (C=O) groups excluding carboxylic acids is 3. The van der Waals surface area contributed by atoms with Gasteiger partial charge in [-0.2, -0.15) is 28.1 Å². The molecule has 1 saturated carbocycles. The number of nitrogens with two attached hydrogens (primary N) is 1. The highest BCUT2D eigenvalue weighted by atomic mass is 35.5. The van der Waals surface area contributed by atoms with E-state index in [0.29, 0.717) is 23.6 Å². The van der Waals surface area contributed by atoms with Crippen LogP contribution in [0.2, 0.25) is 5.02 Å². The summed E-state index contributed by atoms with van der Waals surface area (Å²) >= 11 is 6.00. The normalized spacial score (nSPS) is 13.8. The van der Waals surface area contributed by atoms with E-state index in [1.165, 1.54) is 24.3 Å². The zero-order chi connectivity index (χ0) is 33.5. The Morgan fingerprint density at radius 2 is 1.52 bits per heavy atom. The molecule has 3 amide bonds. The molecule has 8 N–H and O–H groups in total. The second-order valence-electron chi connectivity index (χ2n) is 10.6. The molecule has 46 heavy (non-hydrogen) atoms. The van der Waals surface area contributed by atoms with Gasteiger partial charge in [-0.15, -0.1) is 0 Å². The van der Waals surface area contributed by atoms with E-state index in [-0.39, 0.29) is 30.5 Å². The van der Waals surface area contributed by atoms with Crippen molar-refractivity contribution in [1.82, 2.24) is 25.6 Å². The lowest BCUT2D eigenvalue weighted by molar-refractivity contribution is -0.154. The minimum Gasteiger partial charge on any atom is -0.454 e. The molecule has 1 fully saturated rings. The molecule has 1 aromatic heterocycles. The van der Waals surface area contributed by atoms with Crippen LogP contribution >= 0.6 is 11.6 Å². The number of aromatic nitrogens is 3. The van der Waals surface area contributed by atoms with Crippen LogP contribution in [0.4, 0.5) is 30.8 Å². The summed E-state index contributed by atoms with van der Waals surface area (Å²) in [7, 11) is 0. The van der Waals surface area contributed by atoms with Crippen LogP contribution in [-0.2, 0) is 15.1 Å². The molecule has 0 unspecified atom stereocenters. The van der Waals surface area contributed by atoms with Crippen molar-refractivity contribution in [2.24, 2.45) is 11.1 Å². The Balaban J connectivity index is 1.46. The largest absolute Gasteiger partial charge is 0.454 e. The molecular formula is C28H30ClF3N8O6. The van der Waals surface area contributed by atoms with Crippen molar-refractivity contribution in [2.45, 2.75) is 24.6 Å². The number of anilines is 3. The summed E-state index contributed by atoms with van der Waals surface area (Å²) in [5, 5.41) is 30.8. The molecule has 3 aromatic rings. The fraction of sp³-hybridized carbons (Fsp3) is 0.357. The van der Waals surface area contributed by atoms with Crippen LogP contribution < -0.4 is 31.7 Å². The van der Waals surface area contributed by atoms with Gasteiger partial charge in [0.15, 0.2) is 6.61 Å². The number of aliphatic hydroxyl groups excluding tert-OH is 2. The summed E-state index contributed by atoms with van der Waals surface area (Å²) in [5.74, 6) is -3.12. The van der Waals surface area contributed by atoms with Crippen molar-refractivity contribution < 1.29 is 42.5 Å². The molecule has 246 valence electrons. The van der Waals surface area contributed by atoms with Gasteiger partial charge in [-0.25, -0.2) is 0 Å². The van der Waals surface area contributed by atoms with Gasteiger partial charge in [-0.1, -0.05) is 23.7 Å². The Morgan fingerprint density at radius 3 is 2.09 bits per heavy atom. The first-order valence-corrected chi connectivity index (χ1v) is 14.1. The molecule has 18 heteroatoms. The maximum Gasteiger partial charge on any atom is 0.422 e. The summed E-state index contributed by atoms with van der Waals surface area (Å²) in [6, 6.07) is 12.4. The number of nitrogens with zero attached hydrogens (tertiary/aromatic N) is 3. The van der Waals surface area contributed by atoms with Gasteiger partial charge < -0.3 is 42.0 Å². The quantitative estimate of drug-likeness (QED) is 0.123.